The summed E-state index contributed by atoms with van der Waals surface area (Å²) in [5.41, 5.74) is 3.27. The molecule has 0 spiro atoms. The Morgan fingerprint density at radius 3 is 2.29 bits per heavy atom. The third kappa shape index (κ3) is 6.17. The molecule has 3 rings (SSSR count). The number of carbonyl (C=O) groups excluding carboxylic acids is 2. The predicted octanol–water partition coefficient (Wildman–Crippen LogP) is 4.25. The molecule has 0 bridgehead atoms. The molecule has 2 amide bonds. The Morgan fingerprint density at radius 1 is 0.903 bits per heavy atom. The molecule has 160 valence electrons. The summed E-state index contributed by atoms with van der Waals surface area (Å²) in [5.74, 6) is 0.228. The fourth-order valence-electron chi connectivity index (χ4n) is 3.31. The van der Waals surface area contributed by atoms with Crippen LogP contribution in [0.4, 0.5) is 11.4 Å². The van der Waals surface area contributed by atoms with Gasteiger partial charge in [0, 0.05) is 17.4 Å². The lowest BCUT2D eigenvalue weighted by Crippen LogP contribution is -2.39. The van der Waals surface area contributed by atoms with Crippen molar-refractivity contribution in [2.45, 2.75) is 13.0 Å². The third-order valence-corrected chi connectivity index (χ3v) is 4.87. The first-order valence-corrected chi connectivity index (χ1v) is 10.0. The lowest BCUT2D eigenvalue weighted by Gasteiger charge is -2.27. The number of aryl methyl sites for hydroxylation is 1. The smallest absolute Gasteiger partial charge is 0.246 e. The summed E-state index contributed by atoms with van der Waals surface area (Å²) >= 11 is 0. The molecule has 3 aromatic rings. The van der Waals surface area contributed by atoms with Gasteiger partial charge in [-0.25, -0.2) is 0 Å². The van der Waals surface area contributed by atoms with Gasteiger partial charge in [0.2, 0.25) is 11.8 Å². The molecule has 31 heavy (non-hydrogen) atoms. The van der Waals surface area contributed by atoms with Crippen molar-refractivity contribution in [3.05, 3.63) is 90.0 Å². The Kier molecular flexibility index (Phi) is 7.40. The average molecular weight is 418 g/mol. The number of anilines is 2. The standard InChI is InChI=1S/C25H27N3O3/c1-18-12-14-20(15-13-18)26-23(29)17-28(2)24(19-8-5-4-6-9-19)25(30)27-21-10-7-11-22(16-21)31-3/h4-16,24H,17H2,1-3H3,(H,26,29)(H,27,30)/t24-/m1/s1. The number of carbonyl (C=O) groups is 2. The second-order valence-electron chi connectivity index (χ2n) is 7.36. The summed E-state index contributed by atoms with van der Waals surface area (Å²) in [6, 6.07) is 23.5. The van der Waals surface area contributed by atoms with Gasteiger partial charge in [0.15, 0.2) is 0 Å². The largest absolute Gasteiger partial charge is 0.497 e. The second kappa shape index (κ2) is 10.4. The van der Waals surface area contributed by atoms with E-state index in [1.54, 1.807) is 31.2 Å². The third-order valence-electron chi connectivity index (χ3n) is 4.87. The molecular weight excluding hydrogens is 390 g/mol. The zero-order chi connectivity index (χ0) is 22.2. The molecule has 0 aliphatic rings. The van der Waals surface area contributed by atoms with E-state index >= 15 is 0 Å². The van der Waals surface area contributed by atoms with Crippen molar-refractivity contribution in [1.82, 2.24) is 4.90 Å². The van der Waals surface area contributed by atoms with E-state index in [0.29, 0.717) is 11.4 Å². The van der Waals surface area contributed by atoms with Crippen LogP contribution in [-0.4, -0.2) is 37.4 Å². The van der Waals surface area contributed by atoms with Gasteiger partial charge >= 0.3 is 0 Å². The first-order chi connectivity index (χ1) is 15.0. The highest BCUT2D eigenvalue weighted by Crippen LogP contribution is 2.23. The van der Waals surface area contributed by atoms with E-state index in [9.17, 15) is 9.59 Å². The topological polar surface area (TPSA) is 70.7 Å². The number of nitrogens with one attached hydrogen (secondary N) is 2. The molecular formula is C25H27N3O3. The number of rotatable bonds is 8. The van der Waals surface area contributed by atoms with Gasteiger partial charge in [-0.05, 0) is 43.8 Å². The van der Waals surface area contributed by atoms with E-state index in [1.165, 1.54) is 0 Å². The summed E-state index contributed by atoms with van der Waals surface area (Å²) < 4.78 is 5.23. The van der Waals surface area contributed by atoms with Crippen molar-refractivity contribution in [2.24, 2.45) is 0 Å². The van der Waals surface area contributed by atoms with Gasteiger partial charge in [-0.15, -0.1) is 0 Å². The van der Waals surface area contributed by atoms with Gasteiger partial charge in [0.25, 0.3) is 0 Å². The van der Waals surface area contributed by atoms with E-state index in [-0.39, 0.29) is 18.4 Å². The SMILES string of the molecule is COc1cccc(NC(=O)[C@@H](c2ccccc2)N(C)CC(=O)Nc2ccc(C)cc2)c1. The monoisotopic (exact) mass is 417 g/mol. The summed E-state index contributed by atoms with van der Waals surface area (Å²) in [6.07, 6.45) is 0. The number of benzene rings is 3. The van der Waals surface area contributed by atoms with Gasteiger partial charge < -0.3 is 15.4 Å². The minimum atomic E-state index is -0.642. The zero-order valence-electron chi connectivity index (χ0n) is 18.0. The highest BCUT2D eigenvalue weighted by Gasteiger charge is 2.26. The summed E-state index contributed by atoms with van der Waals surface area (Å²) in [4.78, 5) is 27.5. The minimum absolute atomic E-state index is 0.0545. The van der Waals surface area contributed by atoms with Crippen molar-refractivity contribution in [2.75, 3.05) is 31.3 Å². The number of nitrogens with zero attached hydrogens (tertiary/aromatic N) is 1. The van der Waals surface area contributed by atoms with Crippen LogP contribution in [0.5, 0.6) is 5.75 Å². The van der Waals surface area contributed by atoms with Crippen LogP contribution in [-0.2, 0) is 9.59 Å². The number of ether oxygens (including phenoxy) is 1. The van der Waals surface area contributed by atoms with Crippen molar-refractivity contribution in [1.29, 1.82) is 0 Å². The number of amides is 2. The van der Waals surface area contributed by atoms with Crippen LogP contribution >= 0.6 is 0 Å². The van der Waals surface area contributed by atoms with Crippen LogP contribution in [0, 0.1) is 6.92 Å². The summed E-state index contributed by atoms with van der Waals surface area (Å²) in [6.45, 7) is 2.05. The highest BCUT2D eigenvalue weighted by molar-refractivity contribution is 5.97. The van der Waals surface area contributed by atoms with E-state index in [4.69, 9.17) is 4.74 Å². The molecule has 1 atom stereocenters. The van der Waals surface area contributed by atoms with Gasteiger partial charge in [-0.3, -0.25) is 14.5 Å². The Morgan fingerprint density at radius 2 is 1.61 bits per heavy atom. The van der Waals surface area contributed by atoms with Gasteiger partial charge in [-0.1, -0.05) is 54.1 Å². The molecule has 0 saturated heterocycles. The maximum atomic E-state index is 13.2. The van der Waals surface area contributed by atoms with Crippen LogP contribution < -0.4 is 15.4 Å². The van der Waals surface area contributed by atoms with Crippen LogP contribution in [0.1, 0.15) is 17.2 Å². The molecule has 0 aliphatic heterocycles. The van der Waals surface area contributed by atoms with E-state index in [2.05, 4.69) is 10.6 Å². The zero-order valence-corrected chi connectivity index (χ0v) is 18.0. The first-order valence-electron chi connectivity index (χ1n) is 10.0. The Hall–Kier alpha value is -3.64. The first kappa shape index (κ1) is 22.1. The molecule has 6 nitrogen and oxygen atoms in total. The van der Waals surface area contributed by atoms with Crippen LogP contribution in [0.3, 0.4) is 0 Å². The number of methoxy groups -OCH3 is 1. The molecule has 0 heterocycles. The Bertz CT molecular complexity index is 1020. The van der Waals surface area contributed by atoms with Gasteiger partial charge in [-0.2, -0.15) is 0 Å². The van der Waals surface area contributed by atoms with Crippen molar-refractivity contribution in [3.63, 3.8) is 0 Å². The van der Waals surface area contributed by atoms with E-state index in [0.717, 1.165) is 16.8 Å². The molecule has 3 aromatic carbocycles. The Labute approximate surface area is 182 Å². The van der Waals surface area contributed by atoms with Gasteiger partial charge in [0.05, 0.1) is 13.7 Å². The molecule has 0 aromatic heterocycles. The molecule has 6 heteroatoms. The fraction of sp³-hybridized carbons (Fsp3) is 0.200. The second-order valence-corrected chi connectivity index (χ2v) is 7.36. The molecule has 0 aliphatic carbocycles. The number of hydrogen-bond donors (Lipinski definition) is 2. The van der Waals surface area contributed by atoms with Crippen molar-refractivity contribution < 1.29 is 14.3 Å². The maximum absolute atomic E-state index is 13.2. The highest BCUT2D eigenvalue weighted by atomic mass is 16.5. The Balaban J connectivity index is 1.75. The van der Waals surface area contributed by atoms with Crippen LogP contribution in [0.15, 0.2) is 78.9 Å². The summed E-state index contributed by atoms with van der Waals surface area (Å²) in [7, 11) is 3.34. The maximum Gasteiger partial charge on any atom is 0.246 e. The normalized spacial score (nSPS) is 11.6. The molecule has 0 unspecified atom stereocenters. The van der Waals surface area contributed by atoms with Crippen molar-refractivity contribution >= 4 is 23.2 Å². The quantitative estimate of drug-likeness (QED) is 0.575. The number of likely N-dealkylation sites (N-methyl/N-ethyl adjacent to an activating group) is 1. The molecule has 2 N–H and O–H groups in total. The minimum Gasteiger partial charge on any atom is -0.497 e. The lowest BCUT2D eigenvalue weighted by molar-refractivity contribution is -0.123. The number of hydrogen-bond acceptors (Lipinski definition) is 4. The van der Waals surface area contributed by atoms with Crippen molar-refractivity contribution in [3.8, 4) is 5.75 Å². The lowest BCUT2D eigenvalue weighted by atomic mass is 10.0. The molecule has 0 fully saturated rings. The molecule has 0 radical (unpaired) electrons. The van der Waals surface area contributed by atoms with Crippen LogP contribution in [0.2, 0.25) is 0 Å². The van der Waals surface area contributed by atoms with E-state index < -0.39 is 6.04 Å². The van der Waals surface area contributed by atoms with Crippen LogP contribution in [0.25, 0.3) is 0 Å². The van der Waals surface area contributed by atoms with Gasteiger partial charge in [0.1, 0.15) is 11.8 Å². The fourth-order valence-corrected chi connectivity index (χ4v) is 3.31. The van der Waals surface area contributed by atoms with E-state index in [1.807, 2.05) is 73.7 Å². The molecule has 0 saturated carbocycles. The average Bonchev–Trinajstić information content (AvgIpc) is 2.76. The summed E-state index contributed by atoms with van der Waals surface area (Å²) in [5, 5.41) is 5.81. The predicted molar refractivity (Wildman–Crippen MR) is 123 cm³/mol.